The Bertz CT molecular complexity index is 765. The average molecular weight is 371 g/mol. The van der Waals surface area contributed by atoms with Gasteiger partial charge in [0.05, 0.1) is 21.3 Å². The van der Waals surface area contributed by atoms with Gasteiger partial charge in [-0.1, -0.05) is 41.4 Å². The molecule has 0 aliphatic carbocycles. The summed E-state index contributed by atoms with van der Waals surface area (Å²) >= 11 is 0. The number of benzene rings is 2. The van der Waals surface area contributed by atoms with Crippen molar-refractivity contribution in [1.29, 1.82) is 0 Å². The number of aryl methyl sites for hydroxylation is 3. The molecule has 0 amide bonds. The molecule has 0 fully saturated rings. The van der Waals surface area contributed by atoms with Gasteiger partial charge in [-0.15, -0.1) is 6.58 Å². The van der Waals surface area contributed by atoms with E-state index in [-0.39, 0.29) is 0 Å². The Kier molecular flexibility index (Phi) is 6.19. The van der Waals surface area contributed by atoms with Crippen LogP contribution in [0.2, 0.25) is 12.6 Å². The Labute approximate surface area is 158 Å². The van der Waals surface area contributed by atoms with Crippen LogP contribution in [-0.4, -0.2) is 29.4 Å². The van der Waals surface area contributed by atoms with E-state index < -0.39 is 8.07 Å². The molecule has 0 saturated carbocycles. The summed E-state index contributed by atoms with van der Waals surface area (Å²) in [5.74, 6) is 2.36. The van der Waals surface area contributed by atoms with Gasteiger partial charge in [0.15, 0.2) is 0 Å². The number of rotatable bonds is 7. The largest absolute Gasteiger partial charge is 0.497 e. The molecule has 4 heteroatoms. The first kappa shape index (κ1) is 20.1. The summed E-state index contributed by atoms with van der Waals surface area (Å²) in [5, 5.41) is 2.57. The molecule has 0 aliphatic rings. The van der Waals surface area contributed by atoms with Crippen molar-refractivity contribution in [3.8, 4) is 17.2 Å². The van der Waals surface area contributed by atoms with E-state index in [0.29, 0.717) is 0 Å². The molecule has 140 valence electrons. The molecular weight excluding hydrogens is 340 g/mol. The Morgan fingerprint density at radius 1 is 0.846 bits per heavy atom. The van der Waals surface area contributed by atoms with E-state index >= 15 is 0 Å². The maximum absolute atomic E-state index is 5.79. The minimum absolute atomic E-state index is 0.731. The predicted molar refractivity (Wildman–Crippen MR) is 113 cm³/mol. The summed E-state index contributed by atoms with van der Waals surface area (Å²) in [6.45, 7) is 13.0. The summed E-state index contributed by atoms with van der Waals surface area (Å²) in [7, 11) is 2.86. The highest BCUT2D eigenvalue weighted by atomic mass is 28.3. The van der Waals surface area contributed by atoms with Crippen LogP contribution in [0.4, 0.5) is 0 Å². The van der Waals surface area contributed by atoms with Gasteiger partial charge in [-0.2, -0.15) is 0 Å². The van der Waals surface area contributed by atoms with E-state index in [2.05, 4.69) is 46.0 Å². The maximum atomic E-state index is 5.79. The van der Waals surface area contributed by atoms with Gasteiger partial charge < -0.3 is 14.2 Å². The number of hydrogen-bond donors (Lipinski definition) is 0. The third-order valence-electron chi connectivity index (χ3n) is 5.05. The fourth-order valence-electron chi connectivity index (χ4n) is 4.22. The fourth-order valence-corrected chi connectivity index (χ4v) is 8.77. The van der Waals surface area contributed by atoms with Gasteiger partial charge in [0, 0.05) is 17.3 Å². The highest BCUT2D eigenvalue weighted by Gasteiger charge is 2.39. The number of methoxy groups -OCH3 is 3. The summed E-state index contributed by atoms with van der Waals surface area (Å²) < 4.78 is 17.0. The standard InChI is InChI=1S/C22H30O3Si/c1-9-10-26(8,21-16(3)11-15(2)12-17(21)4)22-19(24-6)13-18(23-5)14-20(22)25-7/h9,11-14H,1,10H2,2-8H3/t26-/m1/s1. The molecule has 2 aromatic rings. The average Bonchev–Trinajstić information content (AvgIpc) is 2.59. The third-order valence-corrected chi connectivity index (χ3v) is 9.64. The Morgan fingerprint density at radius 2 is 1.35 bits per heavy atom. The van der Waals surface area contributed by atoms with Crippen LogP contribution in [0.1, 0.15) is 16.7 Å². The van der Waals surface area contributed by atoms with Gasteiger partial charge in [0.25, 0.3) is 0 Å². The van der Waals surface area contributed by atoms with E-state index in [4.69, 9.17) is 14.2 Å². The van der Waals surface area contributed by atoms with E-state index in [9.17, 15) is 0 Å². The van der Waals surface area contributed by atoms with Crippen LogP contribution < -0.4 is 24.6 Å². The molecular formula is C22H30O3Si. The molecule has 1 atom stereocenters. The Morgan fingerprint density at radius 3 is 1.73 bits per heavy atom. The molecule has 0 aliphatic heterocycles. The maximum Gasteiger partial charge on any atom is 0.129 e. The van der Waals surface area contributed by atoms with Crippen LogP contribution in [-0.2, 0) is 0 Å². The summed E-state index contributed by atoms with van der Waals surface area (Å²) in [6.07, 6.45) is 2.02. The third kappa shape index (κ3) is 3.51. The Balaban J connectivity index is 2.89. The predicted octanol–water partition coefficient (Wildman–Crippen LogP) is 4.02. The number of ether oxygens (including phenoxy) is 3. The first-order chi connectivity index (χ1) is 12.3. The van der Waals surface area contributed by atoms with Crippen molar-refractivity contribution in [1.82, 2.24) is 0 Å². The zero-order chi connectivity index (χ0) is 19.5. The van der Waals surface area contributed by atoms with Gasteiger partial charge in [-0.05, 0) is 32.0 Å². The van der Waals surface area contributed by atoms with Gasteiger partial charge in [0.1, 0.15) is 25.3 Å². The van der Waals surface area contributed by atoms with E-state index in [0.717, 1.165) is 28.5 Å². The van der Waals surface area contributed by atoms with Crippen LogP contribution >= 0.6 is 0 Å². The second-order valence-corrected chi connectivity index (χ2v) is 11.1. The normalized spacial score (nSPS) is 13.0. The zero-order valence-corrected chi connectivity index (χ0v) is 18.0. The van der Waals surface area contributed by atoms with Crippen molar-refractivity contribution in [3.63, 3.8) is 0 Å². The van der Waals surface area contributed by atoms with Crippen LogP contribution in [0.25, 0.3) is 0 Å². The molecule has 0 unspecified atom stereocenters. The molecule has 0 aromatic heterocycles. The van der Waals surface area contributed by atoms with E-state index in [1.54, 1.807) is 21.3 Å². The minimum atomic E-state index is -2.20. The molecule has 26 heavy (non-hydrogen) atoms. The molecule has 3 nitrogen and oxygen atoms in total. The smallest absolute Gasteiger partial charge is 0.129 e. The monoisotopic (exact) mass is 370 g/mol. The second-order valence-electron chi connectivity index (χ2n) is 7.01. The summed E-state index contributed by atoms with van der Waals surface area (Å²) in [5.41, 5.74) is 3.92. The quantitative estimate of drug-likeness (QED) is 0.544. The molecule has 0 N–H and O–H groups in total. The lowest BCUT2D eigenvalue weighted by Gasteiger charge is -2.33. The number of allylic oxidation sites excluding steroid dienone is 1. The SMILES string of the molecule is C=CC[Si@](C)(c1c(C)cc(C)cc1C)c1c(OC)cc(OC)cc1OC. The van der Waals surface area contributed by atoms with Gasteiger partial charge in [0.2, 0.25) is 0 Å². The molecule has 0 radical (unpaired) electrons. The van der Waals surface area contributed by atoms with Gasteiger partial charge >= 0.3 is 0 Å². The lowest BCUT2D eigenvalue weighted by Crippen LogP contribution is -2.58. The molecule has 2 aromatic carbocycles. The Hall–Kier alpha value is -2.20. The zero-order valence-electron chi connectivity index (χ0n) is 17.0. The second kappa shape index (κ2) is 8.00. The number of hydrogen-bond acceptors (Lipinski definition) is 3. The van der Waals surface area contributed by atoms with Crippen LogP contribution in [0.5, 0.6) is 17.2 Å². The minimum Gasteiger partial charge on any atom is -0.497 e. The van der Waals surface area contributed by atoms with Crippen molar-refractivity contribution in [2.45, 2.75) is 33.4 Å². The summed E-state index contributed by atoms with van der Waals surface area (Å²) in [6, 6.07) is 9.32. The molecule has 0 bridgehead atoms. The summed E-state index contributed by atoms with van der Waals surface area (Å²) in [4.78, 5) is 0. The van der Waals surface area contributed by atoms with Crippen LogP contribution in [0.15, 0.2) is 36.9 Å². The topological polar surface area (TPSA) is 27.7 Å². The van der Waals surface area contributed by atoms with Gasteiger partial charge in [-0.25, -0.2) is 0 Å². The highest BCUT2D eigenvalue weighted by molar-refractivity contribution is 7.03. The molecule has 0 saturated heterocycles. The highest BCUT2D eigenvalue weighted by Crippen LogP contribution is 2.31. The van der Waals surface area contributed by atoms with Crippen molar-refractivity contribution in [2.24, 2.45) is 0 Å². The van der Waals surface area contributed by atoms with Gasteiger partial charge in [-0.3, -0.25) is 0 Å². The van der Waals surface area contributed by atoms with Crippen molar-refractivity contribution in [3.05, 3.63) is 53.6 Å². The molecule has 2 rings (SSSR count). The van der Waals surface area contributed by atoms with Crippen LogP contribution in [0.3, 0.4) is 0 Å². The van der Waals surface area contributed by atoms with E-state index in [1.165, 1.54) is 21.9 Å². The molecule has 0 heterocycles. The lowest BCUT2D eigenvalue weighted by atomic mass is 10.1. The first-order valence-electron chi connectivity index (χ1n) is 8.82. The van der Waals surface area contributed by atoms with Crippen LogP contribution in [0, 0.1) is 20.8 Å². The first-order valence-corrected chi connectivity index (χ1v) is 11.5. The van der Waals surface area contributed by atoms with E-state index in [1.807, 2.05) is 18.2 Å². The van der Waals surface area contributed by atoms with Crippen molar-refractivity contribution < 1.29 is 14.2 Å². The fraction of sp³-hybridized carbons (Fsp3) is 0.364. The molecule has 0 spiro atoms. The van der Waals surface area contributed by atoms with Crippen molar-refractivity contribution in [2.75, 3.05) is 21.3 Å². The lowest BCUT2D eigenvalue weighted by molar-refractivity contribution is 0.379. The van der Waals surface area contributed by atoms with Crippen molar-refractivity contribution >= 4 is 18.4 Å².